The molecule has 2 aromatic rings. The molecule has 1 heterocycles. The van der Waals surface area contributed by atoms with Gasteiger partial charge in [0, 0.05) is 36.3 Å². The van der Waals surface area contributed by atoms with Crippen molar-refractivity contribution >= 4 is 52.9 Å². The van der Waals surface area contributed by atoms with Crippen LogP contribution in [0, 0.1) is 0 Å². The van der Waals surface area contributed by atoms with Gasteiger partial charge in [-0.3, -0.25) is 0 Å². The molecule has 0 amide bonds. The summed E-state index contributed by atoms with van der Waals surface area (Å²) in [5.41, 5.74) is 2.24. The van der Waals surface area contributed by atoms with Crippen LogP contribution in [0.3, 0.4) is 0 Å². The van der Waals surface area contributed by atoms with E-state index in [-0.39, 0.29) is 6.04 Å². The molecular weight excluding hydrogens is 362 g/mol. The van der Waals surface area contributed by atoms with Gasteiger partial charge in [0.1, 0.15) is 0 Å². The number of benzene rings is 2. The molecule has 2 aromatic carbocycles. The molecule has 0 spiro atoms. The normalized spacial score (nSPS) is 15.4. The summed E-state index contributed by atoms with van der Waals surface area (Å²) in [6, 6.07) is 12.9. The van der Waals surface area contributed by atoms with E-state index in [4.69, 9.17) is 27.9 Å². The highest BCUT2D eigenvalue weighted by atomic mass is 35.5. The van der Waals surface area contributed by atoms with Gasteiger partial charge in [-0.05, 0) is 31.4 Å². The van der Waals surface area contributed by atoms with Crippen molar-refractivity contribution in [3.05, 3.63) is 36.4 Å². The van der Waals surface area contributed by atoms with Gasteiger partial charge >= 0.3 is 0 Å². The minimum Gasteiger partial charge on any atom is -0.324 e. The van der Waals surface area contributed by atoms with Crippen molar-refractivity contribution in [2.45, 2.75) is 19.9 Å². The maximum atomic E-state index is 6.07. The Morgan fingerprint density at radius 2 is 1.54 bits per heavy atom. The van der Waals surface area contributed by atoms with E-state index in [0.29, 0.717) is 11.8 Å². The Balaban J connectivity index is 2.16. The highest BCUT2D eigenvalue weighted by Gasteiger charge is 2.32. The number of hydrogen-bond acceptors (Lipinski definition) is 1. The third kappa shape index (κ3) is 3.39. The van der Waals surface area contributed by atoms with Gasteiger partial charge in [0.25, 0.3) is 0 Å². The molecule has 3 rings (SSSR count). The van der Waals surface area contributed by atoms with Crippen LogP contribution >= 0.6 is 30.7 Å². The molecule has 130 valence electrons. The minimum absolute atomic E-state index is 0.191. The molecule has 0 fully saturated rings. The summed E-state index contributed by atoms with van der Waals surface area (Å²) in [6.45, 7) is 5.67. The Morgan fingerprint density at radius 3 is 2.00 bits per heavy atom. The Labute approximate surface area is 153 Å². The number of halogens is 2. The second-order valence-electron chi connectivity index (χ2n) is 6.07. The molecule has 0 saturated carbocycles. The molecule has 1 aliphatic rings. The lowest BCUT2D eigenvalue weighted by molar-refractivity contribution is 0.506. The zero-order valence-corrected chi connectivity index (χ0v) is 16.4. The van der Waals surface area contributed by atoms with Crippen LogP contribution in [0.15, 0.2) is 41.1 Å². The number of nitrogens with zero attached hydrogens (tertiary/aromatic N) is 2. The number of hydrogen-bond donors (Lipinski definition) is 2. The molecule has 0 atom stereocenters. The van der Waals surface area contributed by atoms with Crippen LogP contribution in [0.5, 0.6) is 0 Å². The molecule has 24 heavy (non-hydrogen) atoms. The molecular formula is C17H23Cl2N4P. The van der Waals surface area contributed by atoms with Crippen molar-refractivity contribution in [2.24, 2.45) is 4.74 Å². The van der Waals surface area contributed by atoms with Crippen LogP contribution in [0.4, 0.5) is 11.4 Å². The first-order chi connectivity index (χ1) is 11.6. The second kappa shape index (κ2) is 7.53. The highest BCUT2D eigenvalue weighted by Crippen LogP contribution is 2.58. The lowest BCUT2D eigenvalue weighted by atomic mass is 10.1. The highest BCUT2D eigenvalue weighted by molar-refractivity contribution is 7.67. The molecule has 0 bridgehead atoms. The molecule has 0 aliphatic carbocycles. The van der Waals surface area contributed by atoms with E-state index >= 15 is 0 Å². The van der Waals surface area contributed by atoms with Crippen molar-refractivity contribution < 1.29 is 0 Å². The summed E-state index contributed by atoms with van der Waals surface area (Å²) in [5, 5.41) is 9.87. The average molecular weight is 385 g/mol. The lowest BCUT2D eigenvalue weighted by Gasteiger charge is -2.41. The zero-order valence-electron chi connectivity index (χ0n) is 14.0. The third-order valence-corrected chi connectivity index (χ3v) is 7.41. The van der Waals surface area contributed by atoms with Crippen LogP contribution in [-0.4, -0.2) is 35.6 Å². The van der Waals surface area contributed by atoms with E-state index in [1.54, 1.807) is 0 Å². The van der Waals surface area contributed by atoms with Crippen molar-refractivity contribution in [3.8, 4) is 0 Å². The lowest BCUT2D eigenvalue weighted by Crippen LogP contribution is -2.33. The largest absolute Gasteiger partial charge is 0.324 e. The fraction of sp³-hybridized carbons (Fsp3) is 0.412. The number of alkyl halides is 2. The summed E-state index contributed by atoms with van der Waals surface area (Å²) in [7, 11) is -2.19. The zero-order chi connectivity index (χ0) is 17.2. The molecule has 0 saturated heterocycles. The summed E-state index contributed by atoms with van der Waals surface area (Å²) in [5.74, 6) is 1.09. The van der Waals surface area contributed by atoms with E-state index in [1.165, 1.54) is 10.8 Å². The van der Waals surface area contributed by atoms with Crippen LogP contribution in [0.1, 0.15) is 13.8 Å². The average Bonchev–Trinajstić information content (AvgIpc) is 2.54. The maximum absolute atomic E-state index is 6.07. The number of nitrogens with one attached hydrogen (secondary N) is 2. The van der Waals surface area contributed by atoms with Crippen LogP contribution in [0.2, 0.25) is 0 Å². The predicted octanol–water partition coefficient (Wildman–Crippen LogP) is 5.81. The van der Waals surface area contributed by atoms with Gasteiger partial charge in [-0.2, -0.15) is 0 Å². The molecule has 0 unspecified atom stereocenters. The molecule has 7 heteroatoms. The minimum atomic E-state index is -2.19. The Bertz CT molecular complexity index is 728. The molecule has 0 aromatic heterocycles. The van der Waals surface area contributed by atoms with E-state index < -0.39 is 7.51 Å². The summed E-state index contributed by atoms with van der Waals surface area (Å²) < 4.78 is 7.37. The Hall–Kier alpha value is -0.930. The van der Waals surface area contributed by atoms with Gasteiger partial charge in [0.05, 0.1) is 11.4 Å². The predicted molar refractivity (Wildman–Crippen MR) is 109 cm³/mol. The molecule has 1 aliphatic heterocycles. The summed E-state index contributed by atoms with van der Waals surface area (Å²) in [4.78, 5) is 0. The number of rotatable bonds is 6. The smallest absolute Gasteiger partial charge is 0.213 e. The second-order valence-corrected chi connectivity index (χ2v) is 9.28. The van der Waals surface area contributed by atoms with E-state index in [9.17, 15) is 0 Å². The number of anilines is 2. The van der Waals surface area contributed by atoms with Gasteiger partial charge in [-0.1, -0.05) is 24.3 Å². The van der Waals surface area contributed by atoms with Gasteiger partial charge in [0.2, 0.25) is 7.51 Å². The van der Waals surface area contributed by atoms with Crippen molar-refractivity contribution in [1.29, 1.82) is 0 Å². The fourth-order valence-electron chi connectivity index (χ4n) is 3.09. The fourth-order valence-corrected chi connectivity index (χ4v) is 6.83. The van der Waals surface area contributed by atoms with Gasteiger partial charge in [-0.15, -0.1) is 23.2 Å². The summed E-state index contributed by atoms with van der Waals surface area (Å²) >= 11 is 12.1. The van der Waals surface area contributed by atoms with Crippen LogP contribution < -0.4 is 10.2 Å². The van der Waals surface area contributed by atoms with Crippen LogP contribution in [-0.2, 0) is 0 Å². The Kier molecular flexibility index (Phi) is 5.61. The van der Waals surface area contributed by atoms with Crippen molar-refractivity contribution in [3.63, 3.8) is 0 Å². The monoisotopic (exact) mass is 384 g/mol. The summed E-state index contributed by atoms with van der Waals surface area (Å²) in [6.07, 6.45) is 0. The first-order valence-corrected chi connectivity index (χ1v) is 10.9. The van der Waals surface area contributed by atoms with Gasteiger partial charge in [0.15, 0.2) is 0 Å². The first kappa shape index (κ1) is 17.9. The quantitative estimate of drug-likeness (QED) is 0.487. The maximum Gasteiger partial charge on any atom is 0.213 e. The van der Waals surface area contributed by atoms with E-state index in [2.05, 4.69) is 65.1 Å². The molecule has 4 nitrogen and oxygen atoms in total. The van der Waals surface area contributed by atoms with Crippen molar-refractivity contribution in [2.75, 3.05) is 35.0 Å². The van der Waals surface area contributed by atoms with E-state index in [1.807, 2.05) is 0 Å². The Morgan fingerprint density at radius 1 is 1.00 bits per heavy atom. The molecule has 2 N–H and O–H groups in total. The standard InChI is InChI=1S/C17H23Cl2N4P/c1-13(2)20-24(23(11-9-18)12-10-19)21-15-7-3-5-14-6-4-8-16(22-24)17(14)15/h3-8,13,21-22H,9-12H2,1-2H3. The van der Waals surface area contributed by atoms with E-state index in [0.717, 1.165) is 24.5 Å². The van der Waals surface area contributed by atoms with Crippen molar-refractivity contribution in [1.82, 2.24) is 4.67 Å². The first-order valence-electron chi connectivity index (χ1n) is 8.17. The van der Waals surface area contributed by atoms with Crippen LogP contribution in [0.25, 0.3) is 10.8 Å². The van der Waals surface area contributed by atoms with Gasteiger partial charge < -0.3 is 10.2 Å². The molecule has 0 radical (unpaired) electrons. The third-order valence-electron chi connectivity index (χ3n) is 3.95. The topological polar surface area (TPSA) is 39.7 Å². The SMILES string of the molecule is CC(C)N=P1(N(CCCl)CCCl)Nc2cccc3cccc(c23)N1. The van der Waals surface area contributed by atoms with Gasteiger partial charge in [-0.25, -0.2) is 9.42 Å².